The molecule has 2 atom stereocenters. The third kappa shape index (κ3) is 3.45. The molecule has 0 bridgehead atoms. The van der Waals surface area contributed by atoms with Crippen LogP contribution in [-0.2, 0) is 14.3 Å². The molecule has 0 aromatic rings. The number of halogens is 2. The SMILES string of the molecule is CCC1C(=O)NC(C2CC2)C(=O)N1CCOCC(F)F. The summed E-state index contributed by atoms with van der Waals surface area (Å²) < 4.78 is 28.8. The number of carbonyl (C=O) groups is 2. The van der Waals surface area contributed by atoms with Crippen LogP contribution in [0.4, 0.5) is 8.78 Å². The predicted molar refractivity (Wildman–Crippen MR) is 67.3 cm³/mol. The number of piperazine rings is 1. The Hall–Kier alpha value is -1.24. The van der Waals surface area contributed by atoms with E-state index in [-0.39, 0.29) is 30.9 Å². The summed E-state index contributed by atoms with van der Waals surface area (Å²) in [6.45, 7) is 1.39. The molecule has 2 fully saturated rings. The highest BCUT2D eigenvalue weighted by Crippen LogP contribution is 2.35. The number of hydrogen-bond donors (Lipinski definition) is 1. The molecular weight excluding hydrogens is 270 g/mol. The van der Waals surface area contributed by atoms with E-state index in [1.807, 2.05) is 6.92 Å². The van der Waals surface area contributed by atoms with Gasteiger partial charge < -0.3 is 15.0 Å². The number of carbonyl (C=O) groups excluding carboxylic acids is 2. The molecule has 1 aliphatic heterocycles. The minimum absolute atomic E-state index is 0.0250. The lowest BCUT2D eigenvalue weighted by atomic mass is 10.0. The van der Waals surface area contributed by atoms with Crippen molar-refractivity contribution in [3.63, 3.8) is 0 Å². The van der Waals surface area contributed by atoms with Gasteiger partial charge >= 0.3 is 0 Å². The van der Waals surface area contributed by atoms with Crippen molar-refractivity contribution in [1.29, 1.82) is 0 Å². The van der Waals surface area contributed by atoms with E-state index < -0.39 is 25.1 Å². The van der Waals surface area contributed by atoms with Crippen molar-refractivity contribution in [1.82, 2.24) is 10.2 Å². The molecule has 7 heteroatoms. The quantitative estimate of drug-likeness (QED) is 0.705. The van der Waals surface area contributed by atoms with Crippen molar-refractivity contribution in [2.45, 2.75) is 44.7 Å². The van der Waals surface area contributed by atoms with Gasteiger partial charge in [-0.25, -0.2) is 8.78 Å². The van der Waals surface area contributed by atoms with E-state index >= 15 is 0 Å². The van der Waals surface area contributed by atoms with Crippen LogP contribution in [0.1, 0.15) is 26.2 Å². The minimum Gasteiger partial charge on any atom is -0.374 e. The fourth-order valence-electron chi connectivity index (χ4n) is 2.54. The third-order valence-corrected chi connectivity index (χ3v) is 3.73. The molecule has 0 spiro atoms. The second-order valence-corrected chi connectivity index (χ2v) is 5.25. The second kappa shape index (κ2) is 6.47. The summed E-state index contributed by atoms with van der Waals surface area (Å²) in [5, 5.41) is 2.78. The van der Waals surface area contributed by atoms with Gasteiger partial charge in [0.25, 0.3) is 6.43 Å². The molecule has 2 aliphatic rings. The fraction of sp³-hybridized carbons (Fsp3) is 0.846. The Kier molecular flexibility index (Phi) is 4.91. The van der Waals surface area contributed by atoms with E-state index in [1.54, 1.807) is 0 Å². The first-order chi connectivity index (χ1) is 9.54. The normalized spacial score (nSPS) is 27.1. The molecule has 0 radical (unpaired) electrons. The average Bonchev–Trinajstić information content (AvgIpc) is 3.22. The van der Waals surface area contributed by atoms with Crippen LogP contribution < -0.4 is 5.32 Å². The molecule has 2 unspecified atom stereocenters. The van der Waals surface area contributed by atoms with Crippen molar-refractivity contribution >= 4 is 11.8 Å². The Morgan fingerprint density at radius 2 is 2.10 bits per heavy atom. The Labute approximate surface area is 116 Å². The zero-order chi connectivity index (χ0) is 14.7. The van der Waals surface area contributed by atoms with Crippen molar-refractivity contribution in [3.8, 4) is 0 Å². The molecular formula is C13H20F2N2O3. The minimum atomic E-state index is -2.52. The number of rotatable bonds is 7. The molecule has 0 aromatic carbocycles. The highest BCUT2D eigenvalue weighted by atomic mass is 19.3. The van der Waals surface area contributed by atoms with Crippen molar-refractivity contribution in [3.05, 3.63) is 0 Å². The van der Waals surface area contributed by atoms with Crippen molar-refractivity contribution < 1.29 is 23.1 Å². The lowest BCUT2D eigenvalue weighted by Gasteiger charge is -2.38. The average molecular weight is 290 g/mol. The topological polar surface area (TPSA) is 58.6 Å². The molecule has 2 amide bonds. The van der Waals surface area contributed by atoms with Gasteiger partial charge in [-0.1, -0.05) is 6.92 Å². The lowest BCUT2D eigenvalue weighted by Crippen LogP contribution is -2.64. The van der Waals surface area contributed by atoms with Crippen LogP contribution in [0.3, 0.4) is 0 Å². The monoisotopic (exact) mass is 290 g/mol. The predicted octanol–water partition coefficient (Wildman–Crippen LogP) is 0.784. The maximum Gasteiger partial charge on any atom is 0.261 e. The van der Waals surface area contributed by atoms with Gasteiger partial charge in [0.2, 0.25) is 11.8 Å². The first-order valence-corrected chi connectivity index (χ1v) is 7.01. The number of amides is 2. The zero-order valence-corrected chi connectivity index (χ0v) is 11.5. The summed E-state index contributed by atoms with van der Waals surface area (Å²) in [6, 6.07) is -0.965. The van der Waals surface area contributed by atoms with E-state index in [4.69, 9.17) is 4.74 Å². The maximum absolute atomic E-state index is 12.4. The molecule has 20 heavy (non-hydrogen) atoms. The van der Waals surface area contributed by atoms with Gasteiger partial charge in [0, 0.05) is 6.54 Å². The van der Waals surface area contributed by atoms with Gasteiger partial charge in [0.1, 0.15) is 18.7 Å². The Bertz CT molecular complexity index is 375. The number of alkyl halides is 2. The van der Waals surface area contributed by atoms with Gasteiger partial charge in [-0.3, -0.25) is 9.59 Å². The van der Waals surface area contributed by atoms with Crippen LogP contribution >= 0.6 is 0 Å². The lowest BCUT2D eigenvalue weighted by molar-refractivity contribution is -0.151. The first kappa shape index (κ1) is 15.2. The van der Waals surface area contributed by atoms with Crippen molar-refractivity contribution in [2.75, 3.05) is 19.8 Å². The Morgan fingerprint density at radius 1 is 1.40 bits per heavy atom. The van der Waals surface area contributed by atoms with Crippen molar-refractivity contribution in [2.24, 2.45) is 5.92 Å². The van der Waals surface area contributed by atoms with Crippen LogP contribution in [0.25, 0.3) is 0 Å². The van der Waals surface area contributed by atoms with Crippen LogP contribution in [0, 0.1) is 5.92 Å². The smallest absolute Gasteiger partial charge is 0.261 e. The van der Waals surface area contributed by atoms with E-state index in [0.29, 0.717) is 6.42 Å². The molecule has 114 valence electrons. The molecule has 5 nitrogen and oxygen atoms in total. The number of hydrogen-bond acceptors (Lipinski definition) is 3. The van der Waals surface area contributed by atoms with Crippen LogP contribution in [0.15, 0.2) is 0 Å². The maximum atomic E-state index is 12.4. The Balaban J connectivity index is 1.93. The van der Waals surface area contributed by atoms with Gasteiger partial charge in [-0.05, 0) is 25.2 Å². The highest BCUT2D eigenvalue weighted by molar-refractivity contribution is 5.97. The van der Waals surface area contributed by atoms with Crippen LogP contribution in [-0.4, -0.2) is 55.0 Å². The molecule has 0 aromatic heterocycles. The number of nitrogens with zero attached hydrogens (tertiary/aromatic N) is 1. The Morgan fingerprint density at radius 3 is 2.65 bits per heavy atom. The fourth-order valence-corrected chi connectivity index (χ4v) is 2.54. The summed E-state index contributed by atoms with van der Waals surface area (Å²) in [4.78, 5) is 25.8. The van der Waals surface area contributed by atoms with Gasteiger partial charge in [0.15, 0.2) is 0 Å². The third-order valence-electron chi connectivity index (χ3n) is 3.73. The summed E-state index contributed by atoms with van der Waals surface area (Å²) in [5.74, 6) is -0.0359. The standard InChI is InChI=1S/C13H20F2N2O3/c1-2-9-12(18)16-11(8-3-4-8)13(19)17(9)5-6-20-7-10(14)15/h8-11H,2-7H2,1H3,(H,16,18). The van der Waals surface area contributed by atoms with E-state index in [0.717, 1.165) is 12.8 Å². The molecule has 2 rings (SSSR count). The summed E-state index contributed by atoms with van der Waals surface area (Å²) in [6.07, 6.45) is -0.118. The summed E-state index contributed by atoms with van der Waals surface area (Å²) in [7, 11) is 0. The van der Waals surface area contributed by atoms with Gasteiger partial charge in [-0.2, -0.15) is 0 Å². The van der Waals surface area contributed by atoms with Gasteiger partial charge in [-0.15, -0.1) is 0 Å². The molecule has 1 saturated carbocycles. The molecule has 1 aliphatic carbocycles. The largest absolute Gasteiger partial charge is 0.374 e. The molecule has 1 saturated heterocycles. The van der Waals surface area contributed by atoms with E-state index in [9.17, 15) is 18.4 Å². The van der Waals surface area contributed by atoms with Crippen LogP contribution in [0.2, 0.25) is 0 Å². The summed E-state index contributed by atoms with van der Waals surface area (Å²) >= 11 is 0. The second-order valence-electron chi connectivity index (χ2n) is 5.25. The number of nitrogens with one attached hydrogen (secondary N) is 1. The molecule has 1 heterocycles. The molecule has 1 N–H and O–H groups in total. The first-order valence-electron chi connectivity index (χ1n) is 7.01. The number of ether oxygens (including phenoxy) is 1. The summed E-state index contributed by atoms with van der Waals surface area (Å²) in [5.41, 5.74) is 0. The highest BCUT2D eigenvalue weighted by Gasteiger charge is 2.46. The van der Waals surface area contributed by atoms with Gasteiger partial charge in [0.05, 0.1) is 6.61 Å². The van der Waals surface area contributed by atoms with Crippen LogP contribution in [0.5, 0.6) is 0 Å². The van der Waals surface area contributed by atoms with E-state index in [2.05, 4.69) is 5.32 Å². The van der Waals surface area contributed by atoms with E-state index in [1.165, 1.54) is 4.90 Å². The zero-order valence-electron chi connectivity index (χ0n) is 11.5.